The number of phenolic OH excluding ortho intramolecular Hbond substituents is 2. The van der Waals surface area contributed by atoms with Crippen LogP contribution in [0.4, 0.5) is 0 Å². The Morgan fingerprint density at radius 1 is 1.06 bits per heavy atom. The molecule has 0 amide bonds. The molecule has 1 heterocycles. The van der Waals surface area contributed by atoms with Crippen LogP contribution < -0.4 is 0 Å². The Morgan fingerprint density at radius 3 is 2.38 bits per heavy atom. The minimum atomic E-state index is -0.843. The molecular formula is C26H31NO5. The van der Waals surface area contributed by atoms with E-state index in [1.54, 1.807) is 6.07 Å². The predicted molar refractivity (Wildman–Crippen MR) is 123 cm³/mol. The zero-order chi connectivity index (χ0) is 23.3. The number of fused-ring (bicyclic) bond motifs is 1. The lowest BCUT2D eigenvalue weighted by Crippen LogP contribution is -2.25. The smallest absolute Gasteiger partial charge is 0.157 e. The lowest BCUT2D eigenvalue weighted by atomic mass is 9.87. The molecule has 6 nitrogen and oxygen atoms in total. The molecule has 0 radical (unpaired) electrons. The number of hydrogen-bond acceptors (Lipinski definition) is 5. The van der Waals surface area contributed by atoms with Gasteiger partial charge in [0.2, 0.25) is 0 Å². The molecule has 4 N–H and O–H groups in total. The van der Waals surface area contributed by atoms with Gasteiger partial charge >= 0.3 is 0 Å². The largest absolute Gasteiger partial charge is 0.504 e. The first-order valence-electron chi connectivity index (χ1n) is 11.0. The average molecular weight is 438 g/mol. The van der Waals surface area contributed by atoms with Crippen molar-refractivity contribution in [3.8, 4) is 11.5 Å². The predicted octanol–water partition coefficient (Wildman–Crippen LogP) is 3.55. The number of aromatic nitrogens is 1. The van der Waals surface area contributed by atoms with Gasteiger partial charge in [0.25, 0.3) is 0 Å². The van der Waals surface area contributed by atoms with E-state index in [2.05, 4.69) is 26.8 Å². The molecular weight excluding hydrogens is 406 g/mol. The van der Waals surface area contributed by atoms with Crippen molar-refractivity contribution in [2.75, 3.05) is 6.61 Å². The summed E-state index contributed by atoms with van der Waals surface area (Å²) in [5, 5.41) is 39.8. The van der Waals surface area contributed by atoms with Gasteiger partial charge in [-0.2, -0.15) is 0 Å². The summed E-state index contributed by atoms with van der Waals surface area (Å²) in [5.74, 6) is -0.287. The highest BCUT2D eigenvalue weighted by atomic mass is 16.3. The van der Waals surface area contributed by atoms with Crippen molar-refractivity contribution in [3.63, 3.8) is 0 Å². The van der Waals surface area contributed by atoms with Gasteiger partial charge in [-0.25, -0.2) is 0 Å². The third kappa shape index (κ3) is 4.00. The van der Waals surface area contributed by atoms with Crippen LogP contribution in [0.1, 0.15) is 50.4 Å². The number of Topliss-reactive ketones (excluding diaryl/α,β-unsaturated/α-hetero) is 1. The van der Waals surface area contributed by atoms with Crippen molar-refractivity contribution in [3.05, 3.63) is 59.3 Å². The van der Waals surface area contributed by atoms with Crippen LogP contribution in [0.3, 0.4) is 0 Å². The van der Waals surface area contributed by atoms with Crippen LogP contribution in [0.2, 0.25) is 0 Å². The summed E-state index contributed by atoms with van der Waals surface area (Å²) in [5.41, 5.74) is 2.94. The SMILES string of the molecule is CC(C)(C)c1cc2cc(CC(=O)C3(c4ccc(O)c(O)c4)CC3)ccc2n1C[C@@H](O)CO. The first-order valence-corrected chi connectivity index (χ1v) is 11.0. The number of benzene rings is 2. The van der Waals surface area contributed by atoms with Gasteiger partial charge in [-0.3, -0.25) is 4.79 Å². The Kier molecular flexibility index (Phi) is 5.55. The van der Waals surface area contributed by atoms with Crippen molar-refractivity contribution in [1.29, 1.82) is 0 Å². The minimum Gasteiger partial charge on any atom is -0.504 e. The van der Waals surface area contributed by atoms with E-state index in [1.165, 1.54) is 12.1 Å². The Hall–Kier alpha value is -2.83. The highest BCUT2D eigenvalue weighted by Crippen LogP contribution is 2.51. The highest BCUT2D eigenvalue weighted by molar-refractivity contribution is 5.95. The van der Waals surface area contributed by atoms with Gasteiger partial charge in [-0.1, -0.05) is 32.9 Å². The number of carbonyl (C=O) groups is 1. The molecule has 3 aromatic rings. The Labute approximate surface area is 187 Å². The molecule has 1 aromatic heterocycles. The van der Waals surface area contributed by atoms with Gasteiger partial charge in [0, 0.05) is 28.4 Å². The van der Waals surface area contributed by atoms with E-state index >= 15 is 0 Å². The fourth-order valence-corrected chi connectivity index (χ4v) is 4.55. The zero-order valence-electron chi connectivity index (χ0n) is 18.8. The summed E-state index contributed by atoms with van der Waals surface area (Å²) in [6.07, 6.45) is 0.917. The number of aliphatic hydroxyl groups is 2. The van der Waals surface area contributed by atoms with Crippen molar-refractivity contribution >= 4 is 16.7 Å². The maximum absolute atomic E-state index is 13.2. The standard InChI is InChI=1S/C26H31NO5/c1-25(2,3)23-12-17-10-16(4-6-20(17)27(23)14-19(29)15-28)11-24(32)26(8-9-26)18-5-7-21(30)22(31)13-18/h4-7,10,12-13,19,28-31H,8-9,11,14-15H2,1-3H3/t19-/m1/s1. The number of rotatable bonds is 7. The van der Waals surface area contributed by atoms with Crippen LogP contribution >= 0.6 is 0 Å². The highest BCUT2D eigenvalue weighted by Gasteiger charge is 2.50. The molecule has 0 aliphatic heterocycles. The summed E-state index contributed by atoms with van der Waals surface area (Å²) in [7, 11) is 0. The Balaban J connectivity index is 1.64. The fraction of sp³-hybridized carbons (Fsp3) is 0.423. The Morgan fingerprint density at radius 2 is 1.78 bits per heavy atom. The molecule has 170 valence electrons. The van der Waals surface area contributed by atoms with E-state index in [0.717, 1.165) is 40.6 Å². The maximum atomic E-state index is 13.2. The molecule has 0 saturated heterocycles. The normalized spacial score (nSPS) is 16.3. The van der Waals surface area contributed by atoms with Crippen LogP contribution in [0.15, 0.2) is 42.5 Å². The maximum Gasteiger partial charge on any atom is 0.157 e. The molecule has 0 spiro atoms. The number of nitrogens with zero attached hydrogens (tertiary/aromatic N) is 1. The quantitative estimate of drug-likeness (QED) is 0.424. The van der Waals surface area contributed by atoms with Gasteiger partial charge in [-0.05, 0) is 54.3 Å². The molecule has 4 rings (SSSR count). The number of ketones is 1. The molecule has 1 fully saturated rings. The van der Waals surface area contributed by atoms with Gasteiger partial charge in [0.05, 0.1) is 24.7 Å². The first-order chi connectivity index (χ1) is 15.0. The number of phenols is 2. The van der Waals surface area contributed by atoms with E-state index in [-0.39, 0.29) is 35.7 Å². The van der Waals surface area contributed by atoms with Crippen molar-refractivity contribution in [2.45, 2.75) is 63.5 Å². The number of hydrogen-bond donors (Lipinski definition) is 4. The molecule has 0 unspecified atom stereocenters. The van der Waals surface area contributed by atoms with E-state index in [4.69, 9.17) is 0 Å². The summed E-state index contributed by atoms with van der Waals surface area (Å²) in [6, 6.07) is 12.7. The first kappa shape index (κ1) is 22.4. The lowest BCUT2D eigenvalue weighted by molar-refractivity contribution is -0.120. The molecule has 32 heavy (non-hydrogen) atoms. The van der Waals surface area contributed by atoms with Gasteiger partial charge in [0.15, 0.2) is 11.5 Å². The molecule has 1 saturated carbocycles. The number of carbonyl (C=O) groups excluding carboxylic acids is 1. The molecule has 1 aliphatic rings. The fourth-order valence-electron chi connectivity index (χ4n) is 4.55. The second-order valence-electron chi connectivity index (χ2n) is 10.0. The van der Waals surface area contributed by atoms with E-state index in [0.29, 0.717) is 6.54 Å². The zero-order valence-corrected chi connectivity index (χ0v) is 18.8. The van der Waals surface area contributed by atoms with Crippen LogP contribution in [-0.4, -0.2) is 43.5 Å². The lowest BCUT2D eigenvalue weighted by Gasteiger charge is -2.23. The molecule has 2 aromatic carbocycles. The number of aromatic hydroxyl groups is 2. The minimum absolute atomic E-state index is 0.105. The molecule has 0 bridgehead atoms. The topological polar surface area (TPSA) is 103 Å². The molecule has 1 atom stereocenters. The second kappa shape index (κ2) is 7.94. The van der Waals surface area contributed by atoms with Gasteiger partial charge < -0.3 is 25.0 Å². The number of aliphatic hydroxyl groups excluding tert-OH is 2. The average Bonchev–Trinajstić information content (AvgIpc) is 3.47. The summed E-state index contributed by atoms with van der Waals surface area (Å²) in [4.78, 5) is 13.2. The third-order valence-corrected chi connectivity index (χ3v) is 6.51. The van der Waals surface area contributed by atoms with Crippen LogP contribution in [0.5, 0.6) is 11.5 Å². The van der Waals surface area contributed by atoms with Crippen LogP contribution in [0.25, 0.3) is 10.9 Å². The van der Waals surface area contributed by atoms with Crippen molar-refractivity contribution < 1.29 is 25.2 Å². The third-order valence-electron chi connectivity index (χ3n) is 6.51. The molecule has 6 heteroatoms. The molecule has 1 aliphatic carbocycles. The van der Waals surface area contributed by atoms with E-state index in [1.807, 2.05) is 22.8 Å². The summed E-state index contributed by atoms with van der Waals surface area (Å²) in [6.45, 7) is 6.33. The van der Waals surface area contributed by atoms with Crippen LogP contribution in [0, 0.1) is 0 Å². The monoisotopic (exact) mass is 437 g/mol. The summed E-state index contributed by atoms with van der Waals surface area (Å²) >= 11 is 0. The van der Waals surface area contributed by atoms with Crippen molar-refractivity contribution in [1.82, 2.24) is 4.57 Å². The van der Waals surface area contributed by atoms with Crippen molar-refractivity contribution in [2.24, 2.45) is 0 Å². The van der Waals surface area contributed by atoms with E-state index in [9.17, 15) is 25.2 Å². The van der Waals surface area contributed by atoms with E-state index < -0.39 is 11.5 Å². The second-order valence-corrected chi connectivity index (χ2v) is 10.0. The van der Waals surface area contributed by atoms with Gasteiger partial charge in [-0.15, -0.1) is 0 Å². The summed E-state index contributed by atoms with van der Waals surface area (Å²) < 4.78 is 2.05. The van der Waals surface area contributed by atoms with Gasteiger partial charge in [0.1, 0.15) is 5.78 Å². The van der Waals surface area contributed by atoms with Crippen LogP contribution in [-0.2, 0) is 28.6 Å². The Bertz CT molecular complexity index is 1170.